The number of carbonyl (C=O) groups is 2. The van der Waals surface area contributed by atoms with Crippen molar-refractivity contribution in [2.24, 2.45) is 0 Å². The lowest BCUT2D eigenvalue weighted by Gasteiger charge is -2.29. The second-order valence-electron chi connectivity index (χ2n) is 4.79. The van der Waals surface area contributed by atoms with E-state index in [9.17, 15) is 9.59 Å². The van der Waals surface area contributed by atoms with Gasteiger partial charge in [0.15, 0.2) is 0 Å². The summed E-state index contributed by atoms with van der Waals surface area (Å²) in [6.45, 7) is 7.61. The van der Waals surface area contributed by atoms with E-state index in [2.05, 4.69) is 5.32 Å². The molecule has 19 heavy (non-hydrogen) atoms. The van der Waals surface area contributed by atoms with Crippen LogP contribution in [0.2, 0.25) is 0 Å². The fraction of sp³-hybridized carbons (Fsp3) is 0.846. The van der Waals surface area contributed by atoms with Crippen molar-refractivity contribution in [3.05, 3.63) is 0 Å². The van der Waals surface area contributed by atoms with Gasteiger partial charge in [0.05, 0.1) is 12.6 Å². The van der Waals surface area contributed by atoms with Crippen molar-refractivity contribution in [2.45, 2.75) is 26.3 Å². The average Bonchev–Trinajstić information content (AvgIpc) is 2.67. The summed E-state index contributed by atoms with van der Waals surface area (Å²) in [5.41, 5.74) is 0. The van der Waals surface area contributed by atoms with Gasteiger partial charge in [0, 0.05) is 33.3 Å². The van der Waals surface area contributed by atoms with Gasteiger partial charge < -0.3 is 19.9 Å². The molecular weight excluding hydrogens is 246 g/mol. The second-order valence-corrected chi connectivity index (χ2v) is 4.79. The molecule has 0 aromatic rings. The molecule has 1 aliphatic heterocycles. The van der Waals surface area contributed by atoms with Crippen molar-refractivity contribution in [1.82, 2.24) is 15.1 Å². The van der Waals surface area contributed by atoms with Gasteiger partial charge in [0.2, 0.25) is 0 Å². The quantitative estimate of drug-likeness (QED) is 0.713. The zero-order chi connectivity index (χ0) is 14.3. The first-order chi connectivity index (χ1) is 9.11. The predicted molar refractivity (Wildman–Crippen MR) is 72.8 cm³/mol. The maximum absolute atomic E-state index is 12.3. The smallest absolute Gasteiger partial charge is 0.312 e. The first-order valence-electron chi connectivity index (χ1n) is 6.91. The molecule has 0 aromatic heterocycles. The van der Waals surface area contributed by atoms with Crippen molar-refractivity contribution < 1.29 is 14.3 Å². The molecule has 0 aliphatic carbocycles. The van der Waals surface area contributed by atoms with E-state index in [0.29, 0.717) is 26.2 Å². The maximum atomic E-state index is 12.3. The molecule has 1 rings (SSSR count). The third-order valence-corrected chi connectivity index (χ3v) is 3.35. The third-order valence-electron chi connectivity index (χ3n) is 3.35. The molecule has 1 N–H and O–H groups in total. The lowest BCUT2D eigenvalue weighted by molar-refractivity contribution is -0.153. The van der Waals surface area contributed by atoms with E-state index in [0.717, 1.165) is 19.5 Å². The molecule has 110 valence electrons. The molecule has 0 radical (unpaired) electrons. The van der Waals surface area contributed by atoms with Crippen molar-refractivity contribution in [1.29, 1.82) is 0 Å². The standard InChI is InChI=1S/C13H25N3O3/c1-4-16(11(2)10-19-3)13(18)12(17)15-8-5-6-14-7-9-15/h11,14H,4-10H2,1-3H3. The zero-order valence-corrected chi connectivity index (χ0v) is 12.1. The number of carbonyl (C=O) groups excluding carboxylic acids is 2. The van der Waals surface area contributed by atoms with Crippen LogP contribution in [-0.2, 0) is 14.3 Å². The highest BCUT2D eigenvalue weighted by Crippen LogP contribution is 2.05. The Morgan fingerprint density at radius 1 is 1.37 bits per heavy atom. The Labute approximate surface area is 115 Å². The second kappa shape index (κ2) is 8.12. The van der Waals surface area contributed by atoms with Gasteiger partial charge in [-0.25, -0.2) is 0 Å². The van der Waals surface area contributed by atoms with E-state index >= 15 is 0 Å². The summed E-state index contributed by atoms with van der Waals surface area (Å²) in [5.74, 6) is -0.817. The number of hydrogen-bond acceptors (Lipinski definition) is 4. The first kappa shape index (κ1) is 15.9. The molecule has 2 amide bonds. The Bertz CT molecular complexity index is 302. The molecule has 1 saturated heterocycles. The van der Waals surface area contributed by atoms with Crippen LogP contribution in [0.1, 0.15) is 20.3 Å². The highest BCUT2D eigenvalue weighted by molar-refractivity contribution is 6.35. The number of ether oxygens (including phenoxy) is 1. The molecular formula is C13H25N3O3. The van der Waals surface area contributed by atoms with Crippen LogP contribution in [0.25, 0.3) is 0 Å². The highest BCUT2D eigenvalue weighted by Gasteiger charge is 2.29. The van der Waals surface area contributed by atoms with Gasteiger partial charge >= 0.3 is 11.8 Å². The normalized spacial score (nSPS) is 17.7. The fourth-order valence-electron chi connectivity index (χ4n) is 2.29. The lowest BCUT2D eigenvalue weighted by Crippen LogP contribution is -2.50. The molecule has 1 fully saturated rings. The van der Waals surface area contributed by atoms with Crippen molar-refractivity contribution >= 4 is 11.8 Å². The molecule has 1 heterocycles. The Morgan fingerprint density at radius 3 is 2.74 bits per heavy atom. The first-order valence-corrected chi connectivity index (χ1v) is 6.91. The average molecular weight is 271 g/mol. The zero-order valence-electron chi connectivity index (χ0n) is 12.1. The lowest BCUT2D eigenvalue weighted by atomic mass is 10.2. The van der Waals surface area contributed by atoms with E-state index in [-0.39, 0.29) is 6.04 Å². The number of hydrogen-bond donors (Lipinski definition) is 1. The van der Waals surface area contributed by atoms with Gasteiger partial charge in [-0.3, -0.25) is 9.59 Å². The summed E-state index contributed by atoms with van der Waals surface area (Å²) in [7, 11) is 1.59. The minimum Gasteiger partial charge on any atom is -0.383 e. The molecule has 0 bridgehead atoms. The van der Waals surface area contributed by atoms with Crippen LogP contribution in [-0.4, -0.2) is 74.1 Å². The van der Waals surface area contributed by atoms with Gasteiger partial charge in [-0.15, -0.1) is 0 Å². The number of amides is 2. The van der Waals surface area contributed by atoms with E-state index in [1.54, 1.807) is 16.9 Å². The summed E-state index contributed by atoms with van der Waals surface area (Å²) >= 11 is 0. The van der Waals surface area contributed by atoms with Crippen LogP contribution >= 0.6 is 0 Å². The van der Waals surface area contributed by atoms with E-state index in [1.165, 1.54) is 0 Å². The molecule has 1 aliphatic rings. The largest absolute Gasteiger partial charge is 0.383 e. The number of rotatable bonds is 4. The molecule has 6 nitrogen and oxygen atoms in total. The van der Waals surface area contributed by atoms with E-state index < -0.39 is 11.8 Å². The van der Waals surface area contributed by atoms with Crippen LogP contribution in [0.5, 0.6) is 0 Å². The van der Waals surface area contributed by atoms with Gasteiger partial charge in [-0.1, -0.05) is 0 Å². The molecule has 1 atom stereocenters. The van der Waals surface area contributed by atoms with Crippen molar-refractivity contribution in [3.8, 4) is 0 Å². The Hall–Kier alpha value is -1.14. The third kappa shape index (κ3) is 4.47. The number of nitrogens with one attached hydrogen (secondary N) is 1. The van der Waals surface area contributed by atoms with Gasteiger partial charge in [-0.05, 0) is 26.8 Å². The summed E-state index contributed by atoms with van der Waals surface area (Å²) in [5, 5.41) is 3.22. The van der Waals surface area contributed by atoms with Gasteiger partial charge in [0.25, 0.3) is 0 Å². The molecule has 0 aromatic carbocycles. The molecule has 0 spiro atoms. The van der Waals surface area contributed by atoms with Crippen LogP contribution < -0.4 is 5.32 Å². The van der Waals surface area contributed by atoms with Crippen LogP contribution in [0.4, 0.5) is 0 Å². The van der Waals surface area contributed by atoms with Gasteiger partial charge in [-0.2, -0.15) is 0 Å². The van der Waals surface area contributed by atoms with E-state index in [1.807, 2.05) is 13.8 Å². The Balaban J connectivity index is 2.64. The highest BCUT2D eigenvalue weighted by atomic mass is 16.5. The number of nitrogens with zero attached hydrogens (tertiary/aromatic N) is 2. The topological polar surface area (TPSA) is 61.9 Å². The van der Waals surface area contributed by atoms with Crippen LogP contribution in [0.15, 0.2) is 0 Å². The number of likely N-dealkylation sites (N-methyl/N-ethyl adjacent to an activating group) is 1. The number of methoxy groups -OCH3 is 1. The van der Waals surface area contributed by atoms with Gasteiger partial charge in [0.1, 0.15) is 0 Å². The minimum absolute atomic E-state index is 0.0865. The summed E-state index contributed by atoms with van der Waals surface area (Å²) in [4.78, 5) is 27.7. The van der Waals surface area contributed by atoms with Crippen molar-refractivity contribution in [3.63, 3.8) is 0 Å². The minimum atomic E-state index is -0.422. The summed E-state index contributed by atoms with van der Waals surface area (Å²) in [6, 6.07) is -0.0865. The fourth-order valence-corrected chi connectivity index (χ4v) is 2.29. The van der Waals surface area contributed by atoms with Crippen molar-refractivity contribution in [2.75, 3.05) is 46.4 Å². The summed E-state index contributed by atoms with van der Waals surface area (Å²) in [6.07, 6.45) is 0.888. The maximum Gasteiger partial charge on any atom is 0.312 e. The molecule has 0 saturated carbocycles. The summed E-state index contributed by atoms with van der Waals surface area (Å²) < 4.78 is 5.05. The molecule has 1 unspecified atom stereocenters. The van der Waals surface area contributed by atoms with Crippen LogP contribution in [0, 0.1) is 0 Å². The van der Waals surface area contributed by atoms with Crippen LogP contribution in [0.3, 0.4) is 0 Å². The Kier molecular flexibility index (Phi) is 6.80. The SMILES string of the molecule is CCN(C(=O)C(=O)N1CCCNCC1)C(C)COC. The molecule has 6 heteroatoms. The predicted octanol–water partition coefficient (Wildman–Crippen LogP) is -0.308. The Morgan fingerprint density at radius 2 is 2.11 bits per heavy atom. The van der Waals surface area contributed by atoms with E-state index in [4.69, 9.17) is 4.74 Å². The monoisotopic (exact) mass is 271 g/mol.